The molecule has 0 saturated carbocycles. The molecule has 1 fully saturated rings. The summed E-state index contributed by atoms with van der Waals surface area (Å²) in [6.45, 7) is 6.52. The molecule has 98 valence electrons. The van der Waals surface area contributed by atoms with Crippen molar-refractivity contribution in [2.24, 2.45) is 0 Å². The molecule has 2 N–H and O–H groups in total. The molecular formula is C11H22N4O2. The quantitative estimate of drug-likeness (QED) is 0.615. The molecule has 0 atom stereocenters. The molecule has 0 aromatic heterocycles. The zero-order valence-corrected chi connectivity index (χ0v) is 10.7. The lowest BCUT2D eigenvalue weighted by Crippen LogP contribution is -2.49. The topological polar surface area (TPSA) is 64.7 Å². The molecule has 1 aliphatic rings. The maximum Gasteiger partial charge on any atom is 0.236 e. The number of rotatable bonds is 5. The molecule has 0 bridgehead atoms. The highest BCUT2D eigenvalue weighted by Crippen LogP contribution is 1.95. The molecule has 0 unspecified atom stereocenters. The Morgan fingerprint density at radius 1 is 1.35 bits per heavy atom. The van der Waals surface area contributed by atoms with Crippen molar-refractivity contribution in [3.63, 3.8) is 0 Å². The third-order valence-electron chi connectivity index (χ3n) is 2.74. The Bertz CT molecular complexity index is 264. The van der Waals surface area contributed by atoms with Crippen molar-refractivity contribution in [2.45, 2.75) is 6.92 Å². The number of amides is 2. The molecule has 1 rings (SSSR count). The van der Waals surface area contributed by atoms with E-state index in [1.165, 1.54) is 6.92 Å². The van der Waals surface area contributed by atoms with E-state index >= 15 is 0 Å². The first-order chi connectivity index (χ1) is 8.09. The van der Waals surface area contributed by atoms with Gasteiger partial charge in [-0.2, -0.15) is 0 Å². The van der Waals surface area contributed by atoms with Crippen LogP contribution in [0.15, 0.2) is 0 Å². The van der Waals surface area contributed by atoms with Gasteiger partial charge in [-0.05, 0) is 7.05 Å². The van der Waals surface area contributed by atoms with Crippen molar-refractivity contribution in [3.8, 4) is 0 Å². The van der Waals surface area contributed by atoms with Crippen molar-refractivity contribution in [1.29, 1.82) is 0 Å². The van der Waals surface area contributed by atoms with Crippen LogP contribution in [0.2, 0.25) is 0 Å². The number of piperazine rings is 1. The number of carbonyl (C=O) groups excluding carboxylic acids is 2. The molecule has 1 heterocycles. The zero-order chi connectivity index (χ0) is 12.7. The lowest BCUT2D eigenvalue weighted by molar-refractivity contribution is -0.132. The maximum absolute atomic E-state index is 11.9. The Morgan fingerprint density at radius 3 is 2.59 bits per heavy atom. The number of nitrogens with one attached hydrogen (secondary N) is 2. The number of hydrogen-bond acceptors (Lipinski definition) is 4. The van der Waals surface area contributed by atoms with Gasteiger partial charge in [0.15, 0.2) is 0 Å². The van der Waals surface area contributed by atoms with Gasteiger partial charge in [-0.25, -0.2) is 0 Å². The molecule has 0 aliphatic carbocycles. The Labute approximate surface area is 102 Å². The summed E-state index contributed by atoms with van der Waals surface area (Å²) >= 11 is 0. The van der Waals surface area contributed by atoms with Crippen LogP contribution >= 0.6 is 0 Å². The molecule has 0 spiro atoms. The van der Waals surface area contributed by atoms with Crippen molar-refractivity contribution in [2.75, 3.05) is 52.9 Å². The Balaban J connectivity index is 2.18. The van der Waals surface area contributed by atoms with Gasteiger partial charge in [0.25, 0.3) is 0 Å². The smallest absolute Gasteiger partial charge is 0.236 e. The second-order valence-electron chi connectivity index (χ2n) is 4.35. The van der Waals surface area contributed by atoms with Gasteiger partial charge >= 0.3 is 0 Å². The van der Waals surface area contributed by atoms with Gasteiger partial charge in [-0.1, -0.05) is 0 Å². The van der Waals surface area contributed by atoms with Gasteiger partial charge < -0.3 is 15.5 Å². The lowest BCUT2D eigenvalue weighted by atomic mass is 10.3. The summed E-state index contributed by atoms with van der Waals surface area (Å²) in [6, 6.07) is 0. The van der Waals surface area contributed by atoms with Crippen LogP contribution in [0.5, 0.6) is 0 Å². The normalized spacial score (nSPS) is 16.1. The first-order valence-corrected chi connectivity index (χ1v) is 6.01. The van der Waals surface area contributed by atoms with Gasteiger partial charge in [0.05, 0.1) is 6.54 Å². The van der Waals surface area contributed by atoms with Crippen LogP contribution < -0.4 is 10.6 Å². The van der Waals surface area contributed by atoms with Crippen molar-refractivity contribution in [1.82, 2.24) is 20.4 Å². The highest BCUT2D eigenvalue weighted by molar-refractivity contribution is 5.78. The summed E-state index contributed by atoms with van der Waals surface area (Å²) in [5.74, 6) is 0.128. The van der Waals surface area contributed by atoms with Crippen LogP contribution in [0.3, 0.4) is 0 Å². The lowest BCUT2D eigenvalue weighted by Gasteiger charge is -2.29. The van der Waals surface area contributed by atoms with E-state index in [4.69, 9.17) is 0 Å². The largest absolute Gasteiger partial charge is 0.355 e. The molecule has 1 aliphatic heterocycles. The summed E-state index contributed by atoms with van der Waals surface area (Å²) in [6.07, 6.45) is 0. The van der Waals surface area contributed by atoms with Crippen LogP contribution in [-0.4, -0.2) is 74.5 Å². The predicted octanol–water partition coefficient (Wildman–Crippen LogP) is -1.51. The molecule has 2 amide bonds. The van der Waals surface area contributed by atoms with E-state index in [0.29, 0.717) is 19.6 Å². The van der Waals surface area contributed by atoms with Crippen LogP contribution in [-0.2, 0) is 9.59 Å². The molecule has 17 heavy (non-hydrogen) atoms. The second-order valence-corrected chi connectivity index (χ2v) is 4.35. The fraction of sp³-hybridized carbons (Fsp3) is 0.818. The van der Waals surface area contributed by atoms with E-state index in [1.807, 2.05) is 16.8 Å². The average molecular weight is 242 g/mol. The van der Waals surface area contributed by atoms with E-state index < -0.39 is 0 Å². The third kappa shape index (κ3) is 5.65. The van der Waals surface area contributed by atoms with Gasteiger partial charge in [-0.3, -0.25) is 14.5 Å². The Kier molecular flexibility index (Phi) is 5.93. The minimum atomic E-state index is -0.0353. The summed E-state index contributed by atoms with van der Waals surface area (Å²) in [5.41, 5.74) is 0. The van der Waals surface area contributed by atoms with E-state index in [1.54, 1.807) is 0 Å². The van der Waals surface area contributed by atoms with Crippen LogP contribution in [0, 0.1) is 0 Å². The number of hydrogen-bond donors (Lipinski definition) is 2. The standard InChI is InChI=1S/C11H22N4O2/c1-10(16)13-5-6-14(2)9-11(17)15-7-3-12-4-8-15/h12H,3-9H2,1-2H3,(H,13,16). The van der Waals surface area contributed by atoms with Crippen molar-refractivity contribution < 1.29 is 9.59 Å². The highest BCUT2D eigenvalue weighted by atomic mass is 16.2. The predicted molar refractivity (Wildman–Crippen MR) is 65.6 cm³/mol. The van der Waals surface area contributed by atoms with E-state index in [-0.39, 0.29) is 11.8 Å². The van der Waals surface area contributed by atoms with E-state index in [9.17, 15) is 9.59 Å². The number of likely N-dealkylation sites (N-methyl/N-ethyl adjacent to an activating group) is 1. The van der Waals surface area contributed by atoms with Gasteiger partial charge in [0.2, 0.25) is 11.8 Å². The third-order valence-corrected chi connectivity index (χ3v) is 2.74. The highest BCUT2D eigenvalue weighted by Gasteiger charge is 2.17. The number of carbonyl (C=O) groups is 2. The van der Waals surface area contributed by atoms with Gasteiger partial charge in [0, 0.05) is 46.2 Å². The SMILES string of the molecule is CC(=O)NCCN(C)CC(=O)N1CCNCC1. The molecule has 1 saturated heterocycles. The minimum absolute atomic E-state index is 0.0353. The fourth-order valence-electron chi connectivity index (χ4n) is 1.75. The maximum atomic E-state index is 11.9. The zero-order valence-electron chi connectivity index (χ0n) is 10.7. The Morgan fingerprint density at radius 2 is 2.00 bits per heavy atom. The summed E-state index contributed by atoms with van der Waals surface area (Å²) < 4.78 is 0. The first kappa shape index (κ1) is 13.9. The molecule has 6 heteroatoms. The second kappa shape index (κ2) is 7.24. The Hall–Kier alpha value is -1.14. The van der Waals surface area contributed by atoms with Crippen LogP contribution in [0.1, 0.15) is 6.92 Å². The van der Waals surface area contributed by atoms with Crippen LogP contribution in [0.25, 0.3) is 0 Å². The summed E-state index contributed by atoms with van der Waals surface area (Å²) in [5, 5.41) is 5.93. The molecule has 0 radical (unpaired) electrons. The van der Waals surface area contributed by atoms with E-state index in [2.05, 4.69) is 10.6 Å². The number of nitrogens with zero attached hydrogens (tertiary/aromatic N) is 2. The monoisotopic (exact) mass is 242 g/mol. The molecule has 6 nitrogen and oxygen atoms in total. The molecule has 0 aromatic carbocycles. The van der Waals surface area contributed by atoms with Crippen molar-refractivity contribution >= 4 is 11.8 Å². The summed E-state index contributed by atoms with van der Waals surface area (Å²) in [4.78, 5) is 26.4. The minimum Gasteiger partial charge on any atom is -0.355 e. The average Bonchev–Trinajstić information content (AvgIpc) is 2.29. The van der Waals surface area contributed by atoms with Crippen LogP contribution in [0.4, 0.5) is 0 Å². The van der Waals surface area contributed by atoms with Gasteiger partial charge in [-0.15, -0.1) is 0 Å². The fourth-order valence-corrected chi connectivity index (χ4v) is 1.75. The molecular weight excluding hydrogens is 220 g/mol. The summed E-state index contributed by atoms with van der Waals surface area (Å²) in [7, 11) is 1.89. The van der Waals surface area contributed by atoms with Crippen molar-refractivity contribution in [3.05, 3.63) is 0 Å². The van der Waals surface area contributed by atoms with Gasteiger partial charge in [0.1, 0.15) is 0 Å². The molecule has 0 aromatic rings. The van der Waals surface area contributed by atoms with E-state index in [0.717, 1.165) is 26.2 Å². The first-order valence-electron chi connectivity index (χ1n) is 6.01.